The third-order valence-corrected chi connectivity index (χ3v) is 3.08. The summed E-state index contributed by atoms with van der Waals surface area (Å²) in [6, 6.07) is 3.40. The third kappa shape index (κ3) is 4.75. The van der Waals surface area contributed by atoms with Crippen LogP contribution in [0.5, 0.6) is 0 Å². The van der Waals surface area contributed by atoms with Crippen molar-refractivity contribution in [1.82, 2.24) is 5.32 Å². The number of carboxylic acid groups (broad SMARTS) is 1. The molecule has 1 aromatic rings. The molecule has 0 spiro atoms. The van der Waals surface area contributed by atoms with Crippen LogP contribution in [0.3, 0.4) is 0 Å². The summed E-state index contributed by atoms with van der Waals surface area (Å²) in [5.41, 5.74) is 0.517. The molecule has 0 saturated heterocycles. The van der Waals surface area contributed by atoms with Gasteiger partial charge in [0.05, 0.1) is 10.6 Å². The van der Waals surface area contributed by atoms with Gasteiger partial charge < -0.3 is 15.7 Å². The molecular weight excluding hydrogens is 296 g/mol. The summed E-state index contributed by atoms with van der Waals surface area (Å²) in [4.78, 5) is 34.3. The number of nitrogens with one attached hydrogen (secondary N) is 2. The number of aliphatic carboxylic acids is 1. The molecule has 1 rings (SSSR count). The van der Waals surface area contributed by atoms with Gasteiger partial charge in [0, 0.05) is 12.6 Å². The van der Waals surface area contributed by atoms with Gasteiger partial charge in [0.1, 0.15) is 6.04 Å². The lowest BCUT2D eigenvalue weighted by Gasteiger charge is -2.18. The van der Waals surface area contributed by atoms with Crippen LogP contribution in [0.4, 0.5) is 5.69 Å². The first kappa shape index (κ1) is 17.0. The zero-order chi connectivity index (χ0) is 16.2. The fourth-order valence-electron chi connectivity index (χ4n) is 1.71. The van der Waals surface area contributed by atoms with Crippen LogP contribution in [0.2, 0.25) is 5.02 Å². The second-order valence-electron chi connectivity index (χ2n) is 4.91. The van der Waals surface area contributed by atoms with Gasteiger partial charge in [-0.25, -0.2) is 4.79 Å². The van der Waals surface area contributed by atoms with Gasteiger partial charge in [0.15, 0.2) is 0 Å². The monoisotopic (exact) mass is 312 g/mol. The van der Waals surface area contributed by atoms with Crippen LogP contribution in [0, 0.1) is 5.92 Å². The van der Waals surface area contributed by atoms with Crippen LogP contribution in [-0.2, 0) is 9.59 Å². The number of halogens is 1. The molecule has 0 aliphatic carbocycles. The summed E-state index contributed by atoms with van der Waals surface area (Å²) < 4.78 is 0. The molecule has 0 aliphatic rings. The van der Waals surface area contributed by atoms with E-state index in [9.17, 15) is 14.4 Å². The average Bonchev–Trinajstić information content (AvgIpc) is 2.36. The van der Waals surface area contributed by atoms with Crippen LogP contribution in [0.1, 0.15) is 31.1 Å². The largest absolute Gasteiger partial charge is 0.480 e. The number of hydrogen-bond donors (Lipinski definition) is 3. The SMILES string of the molecule is CC(=O)Nc1ccc(Cl)c(C(=O)NC(C(=O)O)C(C)C)c1. The van der Waals surface area contributed by atoms with Crippen molar-refractivity contribution in [3.8, 4) is 0 Å². The Kier molecular flexibility index (Phi) is 5.72. The fraction of sp³-hybridized carbons (Fsp3) is 0.357. The van der Waals surface area contributed by atoms with E-state index in [1.807, 2.05) is 0 Å². The van der Waals surface area contributed by atoms with Gasteiger partial charge in [-0.1, -0.05) is 25.4 Å². The number of amides is 2. The van der Waals surface area contributed by atoms with E-state index in [1.54, 1.807) is 19.9 Å². The molecule has 21 heavy (non-hydrogen) atoms. The second kappa shape index (κ2) is 7.08. The maximum absolute atomic E-state index is 12.2. The van der Waals surface area contributed by atoms with Gasteiger partial charge in [-0.05, 0) is 24.1 Å². The molecular formula is C14H17ClN2O4. The molecule has 0 radical (unpaired) electrons. The van der Waals surface area contributed by atoms with E-state index >= 15 is 0 Å². The summed E-state index contributed by atoms with van der Waals surface area (Å²) in [5.74, 6) is -2.28. The Morgan fingerprint density at radius 3 is 2.33 bits per heavy atom. The first-order chi connectivity index (χ1) is 9.72. The van der Waals surface area contributed by atoms with E-state index < -0.39 is 17.9 Å². The molecule has 114 valence electrons. The van der Waals surface area contributed by atoms with Gasteiger partial charge in [-0.15, -0.1) is 0 Å². The number of carbonyl (C=O) groups is 3. The molecule has 2 amide bonds. The summed E-state index contributed by atoms with van der Waals surface area (Å²) in [6.07, 6.45) is 0. The molecule has 1 aromatic carbocycles. The zero-order valence-electron chi connectivity index (χ0n) is 11.9. The van der Waals surface area contributed by atoms with Crippen molar-refractivity contribution in [2.45, 2.75) is 26.8 Å². The van der Waals surface area contributed by atoms with Gasteiger partial charge in [-0.3, -0.25) is 9.59 Å². The molecule has 0 aliphatic heterocycles. The van der Waals surface area contributed by atoms with Gasteiger partial charge in [-0.2, -0.15) is 0 Å². The third-order valence-electron chi connectivity index (χ3n) is 2.75. The quantitative estimate of drug-likeness (QED) is 0.776. The molecule has 7 heteroatoms. The van der Waals surface area contributed by atoms with Crippen molar-refractivity contribution in [2.75, 3.05) is 5.32 Å². The Balaban J connectivity index is 3.00. The number of carboxylic acids is 1. The van der Waals surface area contributed by atoms with Crippen LogP contribution in [0.25, 0.3) is 0 Å². The Bertz CT molecular complexity index is 572. The van der Waals surface area contributed by atoms with Crippen LogP contribution >= 0.6 is 11.6 Å². The van der Waals surface area contributed by atoms with Crippen molar-refractivity contribution >= 4 is 35.1 Å². The van der Waals surface area contributed by atoms with Gasteiger partial charge in [0.25, 0.3) is 5.91 Å². The van der Waals surface area contributed by atoms with Crippen molar-refractivity contribution in [3.05, 3.63) is 28.8 Å². The van der Waals surface area contributed by atoms with Crippen molar-refractivity contribution < 1.29 is 19.5 Å². The zero-order valence-corrected chi connectivity index (χ0v) is 12.7. The maximum atomic E-state index is 12.2. The lowest BCUT2D eigenvalue weighted by molar-refractivity contribution is -0.140. The Morgan fingerprint density at radius 1 is 1.24 bits per heavy atom. The molecule has 0 heterocycles. The van der Waals surface area contributed by atoms with Crippen molar-refractivity contribution in [3.63, 3.8) is 0 Å². The first-order valence-corrected chi connectivity index (χ1v) is 6.71. The lowest BCUT2D eigenvalue weighted by atomic mass is 10.0. The van der Waals surface area contributed by atoms with E-state index in [-0.39, 0.29) is 22.4 Å². The summed E-state index contributed by atoms with van der Waals surface area (Å²) in [7, 11) is 0. The Labute approximate surface area is 127 Å². The Morgan fingerprint density at radius 2 is 1.86 bits per heavy atom. The van der Waals surface area contributed by atoms with E-state index in [2.05, 4.69) is 10.6 Å². The molecule has 3 N–H and O–H groups in total. The molecule has 1 unspecified atom stereocenters. The summed E-state index contributed by atoms with van der Waals surface area (Å²) in [5, 5.41) is 14.2. The number of benzene rings is 1. The molecule has 1 atom stereocenters. The summed E-state index contributed by atoms with van der Waals surface area (Å²) in [6.45, 7) is 4.72. The van der Waals surface area contributed by atoms with E-state index in [0.717, 1.165) is 0 Å². The molecule has 0 bridgehead atoms. The van der Waals surface area contributed by atoms with E-state index in [0.29, 0.717) is 5.69 Å². The molecule has 0 saturated carbocycles. The van der Waals surface area contributed by atoms with E-state index in [1.165, 1.54) is 19.1 Å². The minimum absolute atomic E-state index is 0.106. The topological polar surface area (TPSA) is 95.5 Å². The maximum Gasteiger partial charge on any atom is 0.326 e. The van der Waals surface area contributed by atoms with Crippen molar-refractivity contribution in [1.29, 1.82) is 0 Å². The van der Waals surface area contributed by atoms with E-state index in [4.69, 9.17) is 16.7 Å². The highest BCUT2D eigenvalue weighted by atomic mass is 35.5. The average molecular weight is 313 g/mol. The van der Waals surface area contributed by atoms with Gasteiger partial charge in [0.2, 0.25) is 5.91 Å². The normalized spacial score (nSPS) is 11.9. The van der Waals surface area contributed by atoms with Gasteiger partial charge >= 0.3 is 5.97 Å². The minimum Gasteiger partial charge on any atom is -0.480 e. The first-order valence-electron chi connectivity index (χ1n) is 6.33. The fourth-order valence-corrected chi connectivity index (χ4v) is 1.92. The summed E-state index contributed by atoms with van der Waals surface area (Å²) >= 11 is 5.95. The number of hydrogen-bond acceptors (Lipinski definition) is 3. The molecule has 0 fully saturated rings. The minimum atomic E-state index is -1.12. The highest BCUT2D eigenvalue weighted by Crippen LogP contribution is 2.21. The highest BCUT2D eigenvalue weighted by molar-refractivity contribution is 6.34. The van der Waals surface area contributed by atoms with Crippen LogP contribution < -0.4 is 10.6 Å². The smallest absolute Gasteiger partial charge is 0.326 e. The predicted molar refractivity (Wildman–Crippen MR) is 79.5 cm³/mol. The van der Waals surface area contributed by atoms with Crippen LogP contribution in [0.15, 0.2) is 18.2 Å². The Hall–Kier alpha value is -2.08. The number of carbonyl (C=O) groups excluding carboxylic acids is 2. The highest BCUT2D eigenvalue weighted by Gasteiger charge is 2.25. The number of anilines is 1. The second-order valence-corrected chi connectivity index (χ2v) is 5.32. The van der Waals surface area contributed by atoms with Crippen molar-refractivity contribution in [2.24, 2.45) is 5.92 Å². The molecule has 6 nitrogen and oxygen atoms in total. The number of rotatable bonds is 5. The predicted octanol–water partition coefficient (Wildman–Crippen LogP) is 2.14. The van der Waals surface area contributed by atoms with Crippen LogP contribution in [-0.4, -0.2) is 28.9 Å². The standard InChI is InChI=1S/C14H17ClN2O4/c1-7(2)12(14(20)21)17-13(19)10-6-9(16-8(3)18)4-5-11(10)15/h4-7,12H,1-3H3,(H,16,18)(H,17,19)(H,20,21). The molecule has 0 aromatic heterocycles. The lowest BCUT2D eigenvalue weighted by Crippen LogP contribution is -2.44.